The summed E-state index contributed by atoms with van der Waals surface area (Å²) in [6, 6.07) is 51.6. The average molecular weight is 2060 g/mol. The van der Waals surface area contributed by atoms with Crippen LogP contribution >= 0.6 is 0 Å². The van der Waals surface area contributed by atoms with Crippen LogP contribution in [0.2, 0.25) is 0 Å². The average Bonchev–Trinajstić information content (AvgIpc) is 1.58. The number of hydrogen-bond donors (Lipinski definition) is 16. The minimum atomic E-state index is -1.76. The van der Waals surface area contributed by atoms with Gasteiger partial charge in [-0.3, -0.25) is 19.2 Å². The molecule has 30 heteroatoms. The first-order valence-electron chi connectivity index (χ1n) is 53.2. The molecule has 16 rings (SSSR count). The molecule has 4 saturated heterocycles. The Bertz CT molecular complexity index is 6430. The number of unbranched alkanes of at least 4 members (excludes halogenated alkanes) is 8. The Hall–Kier alpha value is -11.2. The highest BCUT2D eigenvalue weighted by Gasteiger charge is 2.55. The molecule has 0 aliphatic carbocycles. The highest BCUT2D eigenvalue weighted by molar-refractivity contribution is 6.09. The summed E-state index contributed by atoms with van der Waals surface area (Å²) in [4.78, 5) is 53.5. The molecular formula is C120H152N6O24+2. The first kappa shape index (κ1) is 113. The number of aliphatic hydroxyl groups excluding tert-OH is 12. The van der Waals surface area contributed by atoms with Crippen LogP contribution < -0.4 is 20.4 Å². The molecule has 804 valence electrons. The van der Waals surface area contributed by atoms with Crippen molar-refractivity contribution in [2.45, 2.75) is 316 Å². The lowest BCUT2D eigenvalue weighted by Crippen LogP contribution is -2.64. The highest BCUT2D eigenvalue weighted by atomic mass is 16.7. The van der Waals surface area contributed by atoms with Gasteiger partial charge in [0, 0.05) is 134 Å². The van der Waals surface area contributed by atoms with E-state index in [1.54, 1.807) is 6.92 Å². The van der Waals surface area contributed by atoms with Gasteiger partial charge in [-0.2, -0.15) is 9.15 Å². The number of carboxylic acids is 2. The fraction of sp³-hybridized carbons (Fsp3) is 0.483. The lowest BCUT2D eigenvalue weighted by atomic mass is 9.79. The predicted octanol–water partition coefficient (Wildman–Crippen LogP) is 13.5. The maximum absolute atomic E-state index is 13.3. The highest BCUT2D eigenvalue weighted by Crippen LogP contribution is 2.54. The molecule has 4 fully saturated rings. The van der Waals surface area contributed by atoms with E-state index in [0.29, 0.717) is 38.8 Å². The number of benzene rings is 8. The number of aliphatic carboxylic acids is 2. The Kier molecular flexibility index (Phi) is 37.7. The Morgan fingerprint density at radius 2 is 0.687 bits per heavy atom. The van der Waals surface area contributed by atoms with E-state index in [2.05, 4.69) is 285 Å². The lowest BCUT2D eigenvalue weighted by molar-refractivity contribution is -0.438. The summed E-state index contributed by atoms with van der Waals surface area (Å²) in [5.74, 6) is -2.03. The second-order valence-corrected chi connectivity index (χ2v) is 42.9. The fourth-order valence-corrected chi connectivity index (χ4v) is 23.2. The molecule has 0 radical (unpaired) electrons. The zero-order valence-corrected chi connectivity index (χ0v) is 87.6. The van der Waals surface area contributed by atoms with Gasteiger partial charge in [-0.15, -0.1) is 0 Å². The van der Waals surface area contributed by atoms with Crippen LogP contribution in [-0.2, 0) is 69.3 Å². The van der Waals surface area contributed by atoms with E-state index in [1.165, 1.54) is 84.3 Å². The molecule has 2 unspecified atom stereocenters. The second-order valence-electron chi connectivity index (χ2n) is 42.9. The maximum Gasteiger partial charge on any atom is 0.303 e. The summed E-state index contributed by atoms with van der Waals surface area (Å²) in [5.41, 5.74) is 13.5. The molecule has 8 heterocycles. The van der Waals surface area contributed by atoms with Crippen molar-refractivity contribution in [3.8, 4) is 0 Å². The van der Waals surface area contributed by atoms with Gasteiger partial charge in [0.15, 0.2) is 24.0 Å². The minimum absolute atomic E-state index is 0.111. The van der Waals surface area contributed by atoms with Crippen LogP contribution in [0.4, 0.5) is 22.7 Å². The second kappa shape index (κ2) is 50.1. The summed E-state index contributed by atoms with van der Waals surface area (Å²) in [5, 5.41) is 159. The van der Waals surface area contributed by atoms with Gasteiger partial charge >= 0.3 is 11.9 Å². The van der Waals surface area contributed by atoms with Crippen molar-refractivity contribution in [1.82, 2.24) is 10.6 Å². The van der Waals surface area contributed by atoms with Crippen LogP contribution in [0.1, 0.15) is 194 Å². The topological polar surface area (TPSA) is 443 Å². The van der Waals surface area contributed by atoms with E-state index in [0.717, 1.165) is 98.0 Å². The monoisotopic (exact) mass is 2060 g/mol. The van der Waals surface area contributed by atoms with E-state index >= 15 is 0 Å². The van der Waals surface area contributed by atoms with Crippen molar-refractivity contribution in [3.63, 3.8) is 0 Å². The van der Waals surface area contributed by atoms with Crippen molar-refractivity contribution in [2.24, 2.45) is 0 Å². The quantitative estimate of drug-likeness (QED) is 0.00960. The van der Waals surface area contributed by atoms with Crippen LogP contribution in [0.5, 0.6) is 0 Å². The molecule has 0 aromatic heterocycles. The van der Waals surface area contributed by atoms with Gasteiger partial charge in [-0.1, -0.05) is 210 Å². The first-order valence-corrected chi connectivity index (χ1v) is 53.2. The zero-order valence-electron chi connectivity index (χ0n) is 87.6. The van der Waals surface area contributed by atoms with Crippen LogP contribution in [-0.4, -0.2) is 291 Å². The molecule has 8 aliphatic heterocycles. The molecule has 0 spiro atoms. The summed E-state index contributed by atoms with van der Waals surface area (Å²) in [7, 11) is 0. The number of carboxylic acid groups (broad SMARTS) is 2. The third-order valence-corrected chi connectivity index (χ3v) is 31.2. The zero-order chi connectivity index (χ0) is 107. The first-order chi connectivity index (χ1) is 71.9. The smallest absolute Gasteiger partial charge is 0.303 e. The summed E-state index contributed by atoms with van der Waals surface area (Å²) >= 11 is 0. The molecule has 8 aliphatic rings. The molecule has 16 N–H and O–H groups in total. The SMILES string of the molecule is CC1(C)C(/C=C/C=C/C=C/C=C2/N(CCCCCC(=O)O)c3ccc4ccccc4c3C2(C)C)=[N+](CCCCCC(=O)O)c2ccc3ccccc3c21.C[C@H]1O[C@H](CNC(=O)CCCCCN2C(=CC=CC=CC=CC3=[N+](CCCCCC(=O)NC[C@H]4O[C@H](OC5[C@@H](CO)O[C@H](C)[C@H](O)[C@H]5O)[C@H](O)[C@@H](O)[C@@H]4O)c4ccc5ccccc5c4C3(C)C)C(C)(C)c3c2ccc2ccccc32)[C@@H](OC2O[C@H](CO)[C@@H](O)[C@H](O)[C@H]2O)[C@H](O)[C@H]1O. The number of anilines is 2. The van der Waals surface area contributed by atoms with E-state index in [-0.39, 0.29) is 72.2 Å². The number of hydrogen-bond acceptors (Lipinski definition) is 24. The molecule has 30 nitrogen and oxygen atoms in total. The number of nitrogens with one attached hydrogen (secondary N) is 2. The third-order valence-electron chi connectivity index (χ3n) is 31.2. The number of nitrogens with zero attached hydrogens (tertiary/aromatic N) is 4. The number of carbonyl (C=O) groups is 4. The van der Waals surface area contributed by atoms with Crippen molar-refractivity contribution in [2.75, 3.05) is 62.3 Å². The number of carbonyl (C=O) groups excluding carboxylic acids is 2. The molecule has 0 saturated carbocycles. The van der Waals surface area contributed by atoms with Crippen molar-refractivity contribution < 1.29 is 128 Å². The van der Waals surface area contributed by atoms with Gasteiger partial charge in [-0.05, 0) is 184 Å². The number of ether oxygens (including phenoxy) is 6. The molecular weight excluding hydrogens is 1910 g/mol. The maximum atomic E-state index is 13.3. The Morgan fingerprint density at radius 3 is 1.09 bits per heavy atom. The largest absolute Gasteiger partial charge is 0.481 e. The number of fused-ring (bicyclic) bond motifs is 12. The third kappa shape index (κ3) is 24.8. The van der Waals surface area contributed by atoms with Gasteiger partial charge in [0.25, 0.3) is 0 Å². The van der Waals surface area contributed by atoms with Gasteiger partial charge in [0.2, 0.25) is 23.2 Å². The number of allylic oxidation sites excluding steroid dienone is 16. The summed E-state index contributed by atoms with van der Waals surface area (Å²) in [6.45, 7) is 22.8. The summed E-state index contributed by atoms with van der Waals surface area (Å²) in [6.07, 6.45) is 11.5. The van der Waals surface area contributed by atoms with E-state index in [4.69, 9.17) is 38.6 Å². The van der Waals surface area contributed by atoms with Gasteiger partial charge in [0.05, 0.1) is 36.3 Å². The molecule has 2 amide bonds. The van der Waals surface area contributed by atoms with Gasteiger partial charge in [0.1, 0.15) is 111 Å². The van der Waals surface area contributed by atoms with Crippen LogP contribution in [0.25, 0.3) is 43.1 Å². The standard InChI is InChI=1S/C73H98N4O20.C47H52N2O4/c1-40-58(82)64(88)68(96-71-67(91)63(87)61(85)50(38-78)95-71)49(92-40)37-75-55(81)29-15-11-21-35-77-47-33-31-43-23-17-19-25-45(43)57(47)73(5,6)53(77)27-13-9-7-8-12-26-52-72(3,4)56-44-24-18-16-22-42(44)30-32-46(56)76(52)34-20-10-14-28-54(80)74-36-48-60(84)62(86)66(90)70(94-48)97-69-51(39-79)93-41(2)59(83)65(69)89;1-46(2)40(48(32-18-8-12-26-42(50)51)38-30-28-34-20-14-16-22-36(34)44(38)46)24-10-6-5-7-11-25-41-47(3,4)45-37-23-17-15-21-35(37)29-31-39(45)49(41)33-19-9-13-27-43(52)53/h7-9,12-13,16-19,22-27,30-33,40-41,48-51,58-71,78-79,82-91H,10-11,14-15,20-21,28-29,34-39H2,1-6H3,(H-,74,75,80,81);5-7,10-11,14-17,20-25,28-31H,8-9,12-13,18-19,26-27,32-33H2,1-4H3,(H-,50,51,52,53)/p+2/t40-,41-,48-,49-,50-,51-,58+,59+,60-,61-,62+,63+,64-,65-,66-,67-,68-,69?,70-,71?;/m1./s1. The van der Waals surface area contributed by atoms with Gasteiger partial charge in [-0.25, -0.2) is 0 Å². The number of amides is 2. The van der Waals surface area contributed by atoms with Crippen molar-refractivity contribution in [1.29, 1.82) is 0 Å². The molecule has 8 aromatic rings. The Balaban J connectivity index is 0.000000266. The van der Waals surface area contributed by atoms with Crippen LogP contribution in [0, 0.1) is 0 Å². The number of aliphatic hydroxyl groups is 12. The van der Waals surface area contributed by atoms with Crippen LogP contribution in [0.3, 0.4) is 0 Å². The molecule has 20 atom stereocenters. The van der Waals surface area contributed by atoms with E-state index in [1.807, 2.05) is 30.4 Å². The lowest BCUT2D eigenvalue weighted by Gasteiger charge is -2.46. The molecule has 0 bridgehead atoms. The predicted molar refractivity (Wildman–Crippen MR) is 578 cm³/mol. The van der Waals surface area contributed by atoms with Crippen molar-refractivity contribution in [3.05, 3.63) is 264 Å². The summed E-state index contributed by atoms with van der Waals surface area (Å²) < 4.78 is 39.3. The van der Waals surface area contributed by atoms with Gasteiger partial charge < -0.3 is 120 Å². The Labute approximate surface area is 877 Å². The van der Waals surface area contributed by atoms with Crippen molar-refractivity contribution >= 4 is 101 Å². The number of rotatable bonds is 42. The van der Waals surface area contributed by atoms with E-state index in [9.17, 15) is 80.5 Å². The molecule has 8 aromatic carbocycles. The fourth-order valence-electron chi connectivity index (χ4n) is 23.2. The minimum Gasteiger partial charge on any atom is -0.481 e. The molecule has 150 heavy (non-hydrogen) atoms. The van der Waals surface area contributed by atoms with E-state index < -0.39 is 148 Å². The van der Waals surface area contributed by atoms with Crippen LogP contribution in [0.15, 0.2) is 242 Å². The normalized spacial score (nSPS) is 27.9. The Morgan fingerprint density at radius 1 is 0.347 bits per heavy atom.